The summed E-state index contributed by atoms with van der Waals surface area (Å²) >= 11 is 0. The van der Waals surface area contributed by atoms with Crippen LogP contribution in [0.1, 0.15) is 54.0 Å². The fourth-order valence-corrected chi connectivity index (χ4v) is 3.25. The van der Waals surface area contributed by atoms with Crippen molar-refractivity contribution in [3.8, 4) is 0 Å². The number of benzene rings is 1. The molecule has 1 aliphatic carbocycles. The van der Waals surface area contributed by atoms with E-state index >= 15 is 0 Å². The molecule has 6 nitrogen and oxygen atoms in total. The summed E-state index contributed by atoms with van der Waals surface area (Å²) in [4.78, 5) is 14.6. The van der Waals surface area contributed by atoms with Gasteiger partial charge in [0, 0.05) is 30.0 Å². The van der Waals surface area contributed by atoms with E-state index in [9.17, 15) is 4.79 Å². The fourth-order valence-electron chi connectivity index (χ4n) is 3.25. The van der Waals surface area contributed by atoms with Crippen LogP contribution in [0.25, 0.3) is 0 Å². The monoisotopic (exact) mass is 339 g/mol. The standard InChI is InChI=1S/C19H25N5O/c1-3-24(4-2)15-11-9-14(10-12-15)13-20-23-19(25)18-16-7-5-6-8-17(16)21-22-18/h9-13H,3-8H2,1-2H3,(H,21,22)(H,23,25). The van der Waals surface area contributed by atoms with E-state index < -0.39 is 0 Å². The van der Waals surface area contributed by atoms with Gasteiger partial charge in [0.15, 0.2) is 5.69 Å². The Bertz CT molecular complexity index is 744. The molecule has 0 aliphatic heterocycles. The lowest BCUT2D eigenvalue weighted by Crippen LogP contribution is -2.21. The van der Waals surface area contributed by atoms with Crippen molar-refractivity contribution < 1.29 is 4.79 Å². The highest BCUT2D eigenvalue weighted by Gasteiger charge is 2.21. The van der Waals surface area contributed by atoms with Crippen LogP contribution in [0, 0.1) is 0 Å². The SMILES string of the molecule is CCN(CC)c1ccc(C=NNC(=O)c2n[nH]c3c2CCCC3)cc1. The van der Waals surface area contributed by atoms with E-state index in [4.69, 9.17) is 0 Å². The minimum absolute atomic E-state index is 0.254. The zero-order valence-corrected chi connectivity index (χ0v) is 14.9. The van der Waals surface area contributed by atoms with Gasteiger partial charge in [0.2, 0.25) is 0 Å². The van der Waals surface area contributed by atoms with Gasteiger partial charge >= 0.3 is 0 Å². The number of nitrogens with zero attached hydrogens (tertiary/aromatic N) is 3. The summed E-state index contributed by atoms with van der Waals surface area (Å²) in [7, 11) is 0. The van der Waals surface area contributed by atoms with Crippen molar-refractivity contribution in [2.45, 2.75) is 39.5 Å². The number of H-pyrrole nitrogens is 1. The first-order chi connectivity index (χ1) is 12.2. The maximum atomic E-state index is 12.3. The number of nitrogens with one attached hydrogen (secondary N) is 2. The van der Waals surface area contributed by atoms with Crippen molar-refractivity contribution in [1.82, 2.24) is 15.6 Å². The van der Waals surface area contributed by atoms with Crippen molar-refractivity contribution in [2.75, 3.05) is 18.0 Å². The second-order valence-electron chi connectivity index (χ2n) is 6.20. The zero-order valence-electron chi connectivity index (χ0n) is 14.9. The van der Waals surface area contributed by atoms with Gasteiger partial charge in [0.25, 0.3) is 5.91 Å². The summed E-state index contributed by atoms with van der Waals surface area (Å²) in [6, 6.07) is 8.14. The number of hydrogen-bond donors (Lipinski definition) is 2. The molecular formula is C19H25N5O. The van der Waals surface area contributed by atoms with Gasteiger partial charge < -0.3 is 4.90 Å². The molecule has 0 saturated carbocycles. The molecule has 1 amide bonds. The number of hydrazone groups is 1. The average molecular weight is 339 g/mol. The van der Waals surface area contributed by atoms with Gasteiger partial charge in [-0.15, -0.1) is 0 Å². The van der Waals surface area contributed by atoms with Crippen LogP contribution < -0.4 is 10.3 Å². The molecule has 2 aromatic rings. The molecule has 3 rings (SSSR count). The van der Waals surface area contributed by atoms with Crippen LogP contribution in [0.5, 0.6) is 0 Å². The molecule has 0 saturated heterocycles. The first kappa shape index (κ1) is 17.2. The maximum absolute atomic E-state index is 12.3. The van der Waals surface area contributed by atoms with Crippen molar-refractivity contribution in [1.29, 1.82) is 0 Å². The van der Waals surface area contributed by atoms with Crippen LogP contribution >= 0.6 is 0 Å². The first-order valence-electron chi connectivity index (χ1n) is 8.97. The average Bonchev–Trinajstić information content (AvgIpc) is 3.08. The van der Waals surface area contributed by atoms with Gasteiger partial charge in [-0.05, 0) is 57.2 Å². The third kappa shape index (κ3) is 3.90. The smallest absolute Gasteiger partial charge is 0.292 e. The molecule has 0 spiro atoms. The topological polar surface area (TPSA) is 73.4 Å². The Labute approximate surface area is 148 Å². The number of carbonyl (C=O) groups is 1. The third-order valence-electron chi connectivity index (χ3n) is 4.67. The number of aromatic amines is 1. The summed E-state index contributed by atoms with van der Waals surface area (Å²) in [5, 5.41) is 11.2. The van der Waals surface area contributed by atoms with Gasteiger partial charge in [-0.2, -0.15) is 10.2 Å². The lowest BCUT2D eigenvalue weighted by atomic mass is 9.96. The van der Waals surface area contributed by atoms with Crippen LogP contribution in [0.4, 0.5) is 5.69 Å². The van der Waals surface area contributed by atoms with E-state index in [1.807, 2.05) is 12.1 Å². The molecule has 0 atom stereocenters. The second-order valence-corrected chi connectivity index (χ2v) is 6.20. The van der Waals surface area contributed by atoms with Crippen molar-refractivity contribution >= 4 is 17.8 Å². The van der Waals surface area contributed by atoms with Gasteiger partial charge in [-0.1, -0.05) is 12.1 Å². The number of anilines is 1. The molecule has 2 N–H and O–H groups in total. The molecule has 1 heterocycles. The van der Waals surface area contributed by atoms with E-state index in [1.165, 1.54) is 5.69 Å². The molecule has 0 bridgehead atoms. The number of carbonyl (C=O) groups excluding carboxylic acids is 1. The van der Waals surface area contributed by atoms with E-state index in [1.54, 1.807) is 6.21 Å². The Balaban J connectivity index is 1.61. The van der Waals surface area contributed by atoms with Crippen LogP contribution in [-0.2, 0) is 12.8 Å². The Hall–Kier alpha value is -2.63. The van der Waals surface area contributed by atoms with Gasteiger partial charge in [0.1, 0.15) is 0 Å². The fraction of sp³-hybridized carbons (Fsp3) is 0.421. The minimum atomic E-state index is -0.254. The summed E-state index contributed by atoms with van der Waals surface area (Å²) in [6.07, 6.45) is 5.79. The molecule has 1 aliphatic rings. The quantitative estimate of drug-likeness (QED) is 0.628. The lowest BCUT2D eigenvalue weighted by Gasteiger charge is -2.20. The largest absolute Gasteiger partial charge is 0.372 e. The van der Waals surface area contributed by atoms with Crippen LogP contribution in [-0.4, -0.2) is 35.4 Å². The highest BCUT2D eigenvalue weighted by atomic mass is 16.2. The minimum Gasteiger partial charge on any atom is -0.372 e. The number of fused-ring (bicyclic) bond motifs is 1. The van der Waals surface area contributed by atoms with Gasteiger partial charge in [-0.3, -0.25) is 9.89 Å². The number of hydrogen-bond acceptors (Lipinski definition) is 4. The van der Waals surface area contributed by atoms with Crippen LogP contribution in [0.15, 0.2) is 29.4 Å². The van der Waals surface area contributed by atoms with E-state index in [0.717, 1.165) is 55.6 Å². The van der Waals surface area contributed by atoms with Crippen molar-refractivity contribution in [2.24, 2.45) is 5.10 Å². The molecule has 0 radical (unpaired) electrons. The normalized spacial score (nSPS) is 13.7. The Kier molecular flexibility index (Phi) is 5.48. The van der Waals surface area contributed by atoms with Crippen molar-refractivity contribution in [3.05, 3.63) is 46.8 Å². The molecule has 0 fully saturated rings. The highest BCUT2D eigenvalue weighted by molar-refractivity contribution is 5.94. The van der Waals surface area contributed by atoms with Gasteiger partial charge in [0.05, 0.1) is 6.21 Å². The molecular weight excluding hydrogens is 314 g/mol. The number of amides is 1. The third-order valence-corrected chi connectivity index (χ3v) is 4.67. The first-order valence-corrected chi connectivity index (χ1v) is 8.97. The Morgan fingerprint density at radius 1 is 1.24 bits per heavy atom. The predicted octanol–water partition coefficient (Wildman–Crippen LogP) is 2.90. The molecule has 0 unspecified atom stereocenters. The number of aromatic nitrogens is 2. The summed E-state index contributed by atoms with van der Waals surface area (Å²) in [5.74, 6) is -0.254. The number of aryl methyl sites for hydroxylation is 1. The van der Waals surface area contributed by atoms with E-state index in [0.29, 0.717) is 5.69 Å². The maximum Gasteiger partial charge on any atom is 0.292 e. The Morgan fingerprint density at radius 3 is 2.68 bits per heavy atom. The second kappa shape index (κ2) is 7.96. The molecule has 1 aromatic heterocycles. The van der Waals surface area contributed by atoms with Crippen LogP contribution in [0.3, 0.4) is 0 Å². The molecule has 6 heteroatoms. The summed E-state index contributed by atoms with van der Waals surface area (Å²) in [5.41, 5.74) is 7.32. The highest BCUT2D eigenvalue weighted by Crippen LogP contribution is 2.22. The Morgan fingerprint density at radius 2 is 1.96 bits per heavy atom. The van der Waals surface area contributed by atoms with Gasteiger partial charge in [-0.25, -0.2) is 5.43 Å². The van der Waals surface area contributed by atoms with Crippen LogP contribution in [0.2, 0.25) is 0 Å². The zero-order chi connectivity index (χ0) is 17.6. The van der Waals surface area contributed by atoms with E-state index in [-0.39, 0.29) is 5.91 Å². The van der Waals surface area contributed by atoms with E-state index in [2.05, 4.69) is 51.6 Å². The lowest BCUT2D eigenvalue weighted by molar-refractivity contribution is 0.0949. The summed E-state index contributed by atoms with van der Waals surface area (Å²) in [6.45, 7) is 6.24. The molecule has 25 heavy (non-hydrogen) atoms. The number of rotatable bonds is 6. The van der Waals surface area contributed by atoms with Crippen molar-refractivity contribution in [3.63, 3.8) is 0 Å². The molecule has 1 aromatic carbocycles. The summed E-state index contributed by atoms with van der Waals surface area (Å²) < 4.78 is 0. The molecule has 132 valence electrons. The predicted molar refractivity (Wildman–Crippen MR) is 100 cm³/mol.